The molecule has 0 aliphatic heterocycles. The van der Waals surface area contributed by atoms with Crippen LogP contribution in [0.1, 0.15) is 43.7 Å². The summed E-state index contributed by atoms with van der Waals surface area (Å²) in [4.78, 5) is 0. The zero-order valence-corrected chi connectivity index (χ0v) is 11.5. The Morgan fingerprint density at radius 1 is 1.28 bits per heavy atom. The molecule has 0 radical (unpaired) electrons. The second kappa shape index (κ2) is 5.12. The van der Waals surface area contributed by atoms with E-state index >= 15 is 0 Å². The topological polar surface area (TPSA) is 35.8 Å². The van der Waals surface area contributed by atoms with Crippen LogP contribution in [0.15, 0.2) is 24.3 Å². The van der Waals surface area contributed by atoms with E-state index in [0.717, 1.165) is 6.54 Å². The Morgan fingerprint density at radius 3 is 2.44 bits per heavy atom. The number of hydrogen-bond donors (Lipinski definition) is 1. The van der Waals surface area contributed by atoms with Crippen LogP contribution in [0.3, 0.4) is 0 Å². The second-order valence-electron chi connectivity index (χ2n) is 6.15. The summed E-state index contributed by atoms with van der Waals surface area (Å²) in [6.45, 7) is 6.87. The van der Waals surface area contributed by atoms with Crippen molar-refractivity contribution in [3.05, 3.63) is 35.4 Å². The van der Waals surface area contributed by atoms with E-state index in [1.165, 1.54) is 24.0 Å². The van der Waals surface area contributed by atoms with Crippen LogP contribution >= 0.6 is 0 Å². The van der Waals surface area contributed by atoms with Crippen molar-refractivity contribution >= 4 is 0 Å². The molecule has 1 aliphatic rings. The Morgan fingerprint density at radius 2 is 1.89 bits per heavy atom. The molecule has 2 rings (SSSR count). The van der Waals surface area contributed by atoms with Gasteiger partial charge in [-0.15, -0.1) is 0 Å². The smallest absolute Gasteiger partial charge is 0.0697 e. The summed E-state index contributed by atoms with van der Waals surface area (Å²) in [6, 6.07) is 11.8. The predicted molar refractivity (Wildman–Crippen MR) is 74.3 cm³/mol. The molecule has 1 N–H and O–H groups in total. The molecule has 1 aromatic rings. The molecule has 0 atom stereocenters. The van der Waals surface area contributed by atoms with Gasteiger partial charge in [-0.25, -0.2) is 0 Å². The maximum absolute atomic E-state index is 8.96. The van der Waals surface area contributed by atoms with Crippen molar-refractivity contribution in [2.24, 2.45) is 5.41 Å². The summed E-state index contributed by atoms with van der Waals surface area (Å²) in [6.07, 6.45) is 2.40. The van der Waals surface area contributed by atoms with E-state index in [-0.39, 0.29) is 5.41 Å². The lowest BCUT2D eigenvalue weighted by Gasteiger charge is -2.37. The monoisotopic (exact) mass is 242 g/mol. The minimum absolute atomic E-state index is 0.255. The van der Waals surface area contributed by atoms with Crippen molar-refractivity contribution < 1.29 is 0 Å². The molecular weight excluding hydrogens is 220 g/mol. The summed E-state index contributed by atoms with van der Waals surface area (Å²) in [5.41, 5.74) is 2.52. The molecule has 18 heavy (non-hydrogen) atoms. The lowest BCUT2D eigenvalue weighted by Crippen LogP contribution is -2.43. The first kappa shape index (κ1) is 13.1. The molecule has 1 fully saturated rings. The zero-order valence-electron chi connectivity index (χ0n) is 11.5. The predicted octanol–water partition coefficient (Wildman–Crippen LogP) is 3.38. The van der Waals surface area contributed by atoms with Gasteiger partial charge in [0.05, 0.1) is 11.5 Å². The molecule has 0 heterocycles. The van der Waals surface area contributed by atoms with Gasteiger partial charge >= 0.3 is 0 Å². The molecule has 1 saturated carbocycles. The average molecular weight is 242 g/mol. The van der Waals surface area contributed by atoms with Crippen molar-refractivity contribution in [3.8, 4) is 6.07 Å². The second-order valence-corrected chi connectivity index (χ2v) is 6.15. The van der Waals surface area contributed by atoms with Crippen molar-refractivity contribution in [1.29, 1.82) is 5.26 Å². The van der Waals surface area contributed by atoms with Gasteiger partial charge in [-0.1, -0.05) is 29.8 Å². The van der Waals surface area contributed by atoms with Gasteiger partial charge in [-0.2, -0.15) is 5.26 Å². The van der Waals surface area contributed by atoms with Crippen LogP contribution in [0.5, 0.6) is 0 Å². The van der Waals surface area contributed by atoms with Gasteiger partial charge in [0.25, 0.3) is 0 Å². The van der Waals surface area contributed by atoms with Gasteiger partial charge in [0, 0.05) is 12.6 Å². The highest BCUT2D eigenvalue weighted by Gasteiger charge is 2.31. The van der Waals surface area contributed by atoms with Crippen LogP contribution in [0.25, 0.3) is 0 Å². The van der Waals surface area contributed by atoms with E-state index in [9.17, 15) is 0 Å². The molecule has 0 bridgehead atoms. The van der Waals surface area contributed by atoms with Crippen molar-refractivity contribution in [2.45, 2.75) is 45.6 Å². The number of aryl methyl sites for hydroxylation is 1. The highest BCUT2D eigenvalue weighted by atomic mass is 14.9. The molecule has 0 saturated heterocycles. The maximum atomic E-state index is 8.96. The fourth-order valence-electron chi connectivity index (χ4n) is 2.33. The van der Waals surface area contributed by atoms with Gasteiger partial charge in [0.1, 0.15) is 0 Å². The summed E-state index contributed by atoms with van der Waals surface area (Å²) >= 11 is 0. The third-order valence-corrected chi connectivity index (χ3v) is 3.82. The summed E-state index contributed by atoms with van der Waals surface area (Å²) in [5.74, 6) is 0.702. The SMILES string of the molecule is Cc1ccc(C2CC(NCC(C)(C)C#N)C2)cc1. The minimum Gasteiger partial charge on any atom is -0.312 e. The molecule has 0 spiro atoms. The highest BCUT2D eigenvalue weighted by Crippen LogP contribution is 2.37. The van der Waals surface area contributed by atoms with E-state index in [2.05, 4.69) is 42.6 Å². The normalized spacial score (nSPS) is 23.2. The summed E-state index contributed by atoms with van der Waals surface area (Å²) in [5, 5.41) is 12.5. The molecule has 0 unspecified atom stereocenters. The van der Waals surface area contributed by atoms with Gasteiger partial charge in [-0.3, -0.25) is 0 Å². The van der Waals surface area contributed by atoms with Gasteiger partial charge in [-0.05, 0) is 45.1 Å². The lowest BCUT2D eigenvalue weighted by atomic mass is 9.75. The number of hydrogen-bond acceptors (Lipinski definition) is 2. The third-order valence-electron chi connectivity index (χ3n) is 3.82. The van der Waals surface area contributed by atoms with Crippen LogP contribution in [0.4, 0.5) is 0 Å². The molecule has 1 aliphatic carbocycles. The number of benzene rings is 1. The van der Waals surface area contributed by atoms with Gasteiger partial charge < -0.3 is 5.32 Å². The zero-order chi connectivity index (χ0) is 13.2. The Kier molecular flexibility index (Phi) is 3.73. The van der Waals surface area contributed by atoms with Crippen LogP contribution in [0.2, 0.25) is 0 Å². The van der Waals surface area contributed by atoms with Crippen LogP contribution in [0, 0.1) is 23.7 Å². The van der Waals surface area contributed by atoms with Crippen molar-refractivity contribution in [2.75, 3.05) is 6.54 Å². The number of nitrogens with one attached hydrogen (secondary N) is 1. The number of nitriles is 1. The molecule has 0 amide bonds. The average Bonchev–Trinajstić information content (AvgIpc) is 2.29. The number of rotatable bonds is 4. The van der Waals surface area contributed by atoms with Crippen molar-refractivity contribution in [1.82, 2.24) is 5.32 Å². The molecule has 1 aromatic carbocycles. The first-order chi connectivity index (χ1) is 8.50. The standard InChI is InChI=1S/C16H22N2/c1-12-4-6-13(7-5-12)14-8-15(9-14)18-11-16(2,3)10-17/h4-7,14-15,18H,8-9,11H2,1-3H3. The lowest BCUT2D eigenvalue weighted by molar-refractivity contribution is 0.267. The molecule has 96 valence electrons. The van der Waals surface area contributed by atoms with Crippen molar-refractivity contribution in [3.63, 3.8) is 0 Å². The van der Waals surface area contributed by atoms with Crippen LogP contribution < -0.4 is 5.32 Å². The van der Waals surface area contributed by atoms with E-state index in [1.807, 2.05) is 13.8 Å². The van der Waals surface area contributed by atoms with Crippen LogP contribution in [-0.4, -0.2) is 12.6 Å². The molecule has 0 aromatic heterocycles. The Hall–Kier alpha value is -1.33. The van der Waals surface area contributed by atoms with Gasteiger partial charge in [0.2, 0.25) is 0 Å². The molecule has 2 heteroatoms. The maximum Gasteiger partial charge on any atom is 0.0697 e. The minimum atomic E-state index is -0.255. The van der Waals surface area contributed by atoms with Crippen LogP contribution in [-0.2, 0) is 0 Å². The largest absolute Gasteiger partial charge is 0.312 e. The highest BCUT2D eigenvalue weighted by molar-refractivity contribution is 5.26. The fourth-order valence-corrected chi connectivity index (χ4v) is 2.33. The summed E-state index contributed by atoms with van der Waals surface area (Å²) < 4.78 is 0. The fraction of sp³-hybridized carbons (Fsp3) is 0.562. The quantitative estimate of drug-likeness (QED) is 0.878. The first-order valence-corrected chi connectivity index (χ1v) is 6.71. The van der Waals surface area contributed by atoms with E-state index in [1.54, 1.807) is 0 Å². The third kappa shape index (κ3) is 3.11. The van der Waals surface area contributed by atoms with E-state index in [4.69, 9.17) is 5.26 Å². The molecular formula is C16H22N2. The molecule has 2 nitrogen and oxygen atoms in total. The Labute approximate surface area is 110 Å². The van der Waals surface area contributed by atoms with E-state index < -0.39 is 0 Å². The Balaban J connectivity index is 1.78. The van der Waals surface area contributed by atoms with Gasteiger partial charge in [0.15, 0.2) is 0 Å². The summed E-state index contributed by atoms with van der Waals surface area (Å²) in [7, 11) is 0. The first-order valence-electron chi connectivity index (χ1n) is 6.71. The Bertz CT molecular complexity index is 433. The van der Waals surface area contributed by atoms with E-state index in [0.29, 0.717) is 12.0 Å². The number of nitrogens with zero attached hydrogens (tertiary/aromatic N) is 1.